The molecule has 0 aromatic heterocycles. The zero-order valence-electron chi connectivity index (χ0n) is 15.7. The number of rotatable bonds is 2. The van der Waals surface area contributed by atoms with E-state index >= 15 is 0 Å². The Balaban J connectivity index is 1.58. The minimum atomic E-state index is 0.344. The van der Waals surface area contributed by atoms with E-state index in [0.717, 1.165) is 43.9 Å². The van der Waals surface area contributed by atoms with E-state index in [4.69, 9.17) is 9.73 Å². The fraction of sp³-hybridized carbons (Fsp3) is 0.545. The van der Waals surface area contributed by atoms with Crippen LogP contribution in [0.2, 0.25) is 0 Å². The van der Waals surface area contributed by atoms with Crippen molar-refractivity contribution in [3.63, 3.8) is 0 Å². The summed E-state index contributed by atoms with van der Waals surface area (Å²) in [6, 6.07) is 0.438. The van der Waals surface area contributed by atoms with Gasteiger partial charge in [0.25, 0.3) is 0 Å². The van der Waals surface area contributed by atoms with E-state index in [1.807, 2.05) is 24.3 Å². The van der Waals surface area contributed by atoms with Gasteiger partial charge in [0.1, 0.15) is 11.5 Å². The normalized spacial score (nSPS) is 30.2. The van der Waals surface area contributed by atoms with E-state index in [-0.39, 0.29) is 0 Å². The summed E-state index contributed by atoms with van der Waals surface area (Å²) in [5.41, 5.74) is 3.43. The number of hydrogen-bond donors (Lipinski definition) is 0. The lowest BCUT2D eigenvalue weighted by atomic mass is 10.1. The van der Waals surface area contributed by atoms with E-state index in [1.165, 1.54) is 36.8 Å². The van der Waals surface area contributed by atoms with Crippen molar-refractivity contribution in [2.24, 2.45) is 15.0 Å². The first-order chi connectivity index (χ1) is 13.4. The number of allylic oxidation sites excluding steroid dienone is 4. The molecule has 0 N–H and O–H groups in total. The van der Waals surface area contributed by atoms with Gasteiger partial charge < -0.3 is 9.64 Å². The van der Waals surface area contributed by atoms with Crippen molar-refractivity contribution >= 4 is 17.4 Å². The Morgan fingerprint density at radius 3 is 3.11 bits per heavy atom. The molecule has 0 aromatic carbocycles. The summed E-state index contributed by atoms with van der Waals surface area (Å²) in [6.45, 7) is 2.53. The molecule has 0 spiro atoms. The molecule has 2 atom stereocenters. The molecule has 0 bridgehead atoms. The first-order valence-corrected chi connectivity index (χ1v) is 10.3. The van der Waals surface area contributed by atoms with E-state index < -0.39 is 0 Å². The Hall–Kier alpha value is -2.23. The highest BCUT2D eigenvalue weighted by molar-refractivity contribution is 6.47. The molecule has 0 radical (unpaired) electrons. The van der Waals surface area contributed by atoms with E-state index in [1.54, 1.807) is 0 Å². The number of nitrogens with zero attached hydrogens (tertiary/aromatic N) is 4. The highest BCUT2D eigenvalue weighted by atomic mass is 16.5. The summed E-state index contributed by atoms with van der Waals surface area (Å²) >= 11 is 0. The van der Waals surface area contributed by atoms with Gasteiger partial charge in [-0.2, -0.15) is 4.99 Å². The minimum absolute atomic E-state index is 0.344. The van der Waals surface area contributed by atoms with Crippen LogP contribution in [0.3, 0.4) is 0 Å². The summed E-state index contributed by atoms with van der Waals surface area (Å²) in [6.07, 6.45) is 16.4. The quantitative estimate of drug-likeness (QED) is 0.754. The SMILES string of the molecule is C1=NC(C2=NCC=CC=C2)=NC(N2CCCO[C@@H]3CCC[C@@H]32)=C2CCCC=12. The van der Waals surface area contributed by atoms with Gasteiger partial charge in [0.15, 0.2) is 5.84 Å². The number of fused-ring (bicyclic) bond motifs is 2. The zero-order valence-corrected chi connectivity index (χ0v) is 15.7. The van der Waals surface area contributed by atoms with Gasteiger partial charge in [0.2, 0.25) is 0 Å². The Morgan fingerprint density at radius 2 is 2.11 bits per heavy atom. The standard InChI is InChI=1S/C22H26N4O/c1-2-9-18(23-12-3-1)21-24-15-16-7-4-8-17(16)22(25-21)26-13-6-14-27-20-11-5-10-19(20)26/h1-3,9,19-20H,4-8,10-14H2/t19-,20+/m0/s1. The van der Waals surface area contributed by atoms with Crippen LogP contribution in [0.15, 0.2) is 56.2 Å². The zero-order chi connectivity index (χ0) is 18.1. The van der Waals surface area contributed by atoms with E-state index in [9.17, 15) is 0 Å². The Kier molecular flexibility index (Phi) is 4.64. The Bertz CT molecular complexity index is 838. The maximum absolute atomic E-state index is 6.15. The lowest BCUT2D eigenvalue weighted by molar-refractivity contribution is 0.0396. The maximum atomic E-state index is 6.15. The van der Waals surface area contributed by atoms with Gasteiger partial charge in [-0.05, 0) is 56.9 Å². The highest BCUT2D eigenvalue weighted by Gasteiger charge is 2.37. The molecule has 3 aliphatic heterocycles. The topological polar surface area (TPSA) is 49.5 Å². The summed E-state index contributed by atoms with van der Waals surface area (Å²) in [5, 5.41) is 0. The first kappa shape index (κ1) is 16.9. The summed E-state index contributed by atoms with van der Waals surface area (Å²) in [5.74, 6) is 5.12. The molecule has 5 heteroatoms. The number of hydrogen-bond acceptors (Lipinski definition) is 5. The predicted molar refractivity (Wildman–Crippen MR) is 109 cm³/mol. The van der Waals surface area contributed by atoms with Gasteiger partial charge in [0, 0.05) is 24.3 Å². The van der Waals surface area contributed by atoms with E-state index in [2.05, 4.69) is 20.8 Å². The van der Waals surface area contributed by atoms with Crippen LogP contribution in [0.25, 0.3) is 0 Å². The van der Waals surface area contributed by atoms with Crippen molar-refractivity contribution in [2.45, 2.75) is 57.1 Å². The first-order valence-electron chi connectivity index (χ1n) is 10.3. The Morgan fingerprint density at radius 1 is 1.11 bits per heavy atom. The molecular weight excluding hydrogens is 336 g/mol. The third-order valence-electron chi connectivity index (χ3n) is 6.06. The van der Waals surface area contributed by atoms with Crippen LogP contribution in [-0.4, -0.2) is 54.2 Å². The van der Waals surface area contributed by atoms with Crippen molar-refractivity contribution in [3.8, 4) is 0 Å². The molecule has 140 valence electrons. The molecule has 0 unspecified atom stereocenters. The van der Waals surface area contributed by atoms with Gasteiger partial charge in [-0.25, -0.2) is 4.99 Å². The van der Waals surface area contributed by atoms with Crippen molar-refractivity contribution in [1.29, 1.82) is 0 Å². The third kappa shape index (κ3) is 3.26. The number of aliphatic imine (C=N–C) groups is 3. The monoisotopic (exact) mass is 362 g/mol. The molecule has 0 aromatic rings. The lowest BCUT2D eigenvalue weighted by Gasteiger charge is -2.33. The summed E-state index contributed by atoms with van der Waals surface area (Å²) in [4.78, 5) is 16.9. The largest absolute Gasteiger partial charge is 0.376 e. The Labute approximate surface area is 160 Å². The van der Waals surface area contributed by atoms with Crippen LogP contribution in [0.1, 0.15) is 44.9 Å². The number of ether oxygens (including phenoxy) is 1. The van der Waals surface area contributed by atoms with Crippen LogP contribution in [0, 0.1) is 0 Å². The molecule has 5 rings (SSSR count). The maximum Gasteiger partial charge on any atom is 0.189 e. The molecular formula is C22H26N4O. The van der Waals surface area contributed by atoms with Gasteiger partial charge in [0.05, 0.1) is 18.7 Å². The van der Waals surface area contributed by atoms with Crippen molar-refractivity contribution < 1.29 is 4.74 Å². The predicted octanol–water partition coefficient (Wildman–Crippen LogP) is 3.60. The molecule has 3 fully saturated rings. The smallest absolute Gasteiger partial charge is 0.189 e. The minimum Gasteiger partial charge on any atom is -0.376 e. The van der Waals surface area contributed by atoms with E-state index in [0.29, 0.717) is 24.5 Å². The van der Waals surface area contributed by atoms with Crippen LogP contribution in [0.5, 0.6) is 0 Å². The van der Waals surface area contributed by atoms with Crippen molar-refractivity contribution in [1.82, 2.24) is 4.90 Å². The van der Waals surface area contributed by atoms with Gasteiger partial charge in [-0.15, -0.1) is 0 Å². The second-order valence-corrected chi connectivity index (χ2v) is 7.76. The summed E-state index contributed by atoms with van der Waals surface area (Å²) < 4.78 is 6.15. The molecule has 1 saturated heterocycles. The molecule has 27 heavy (non-hydrogen) atoms. The fourth-order valence-electron chi connectivity index (χ4n) is 4.77. The lowest BCUT2D eigenvalue weighted by Crippen LogP contribution is -2.39. The fourth-order valence-corrected chi connectivity index (χ4v) is 4.77. The molecule has 2 saturated carbocycles. The molecule has 5 nitrogen and oxygen atoms in total. The molecule has 3 heterocycles. The van der Waals surface area contributed by atoms with Crippen LogP contribution < -0.4 is 0 Å². The number of amidine groups is 1. The van der Waals surface area contributed by atoms with Crippen molar-refractivity contribution in [3.05, 3.63) is 41.3 Å². The van der Waals surface area contributed by atoms with Crippen LogP contribution >= 0.6 is 0 Å². The average Bonchev–Trinajstić information content (AvgIpc) is 3.12. The molecule has 5 aliphatic rings. The van der Waals surface area contributed by atoms with Gasteiger partial charge >= 0.3 is 0 Å². The highest BCUT2D eigenvalue weighted by Crippen LogP contribution is 2.38. The van der Waals surface area contributed by atoms with Crippen LogP contribution in [-0.2, 0) is 4.74 Å². The van der Waals surface area contributed by atoms with Crippen LogP contribution in [0.4, 0.5) is 0 Å². The second-order valence-electron chi connectivity index (χ2n) is 7.76. The van der Waals surface area contributed by atoms with Crippen molar-refractivity contribution in [2.75, 3.05) is 19.7 Å². The second kappa shape index (κ2) is 7.41. The molecule has 0 amide bonds. The van der Waals surface area contributed by atoms with Gasteiger partial charge in [-0.1, -0.05) is 18.2 Å². The average molecular weight is 362 g/mol. The third-order valence-corrected chi connectivity index (χ3v) is 6.06. The van der Waals surface area contributed by atoms with Gasteiger partial charge in [-0.3, -0.25) is 4.99 Å². The molecule has 2 aliphatic carbocycles. The summed E-state index contributed by atoms with van der Waals surface area (Å²) in [7, 11) is 0.